The van der Waals surface area contributed by atoms with Crippen LogP contribution in [0.5, 0.6) is 11.5 Å². The fraction of sp³-hybridized carbons (Fsp3) is 0.444. The van der Waals surface area contributed by atoms with Crippen molar-refractivity contribution in [1.82, 2.24) is 10.6 Å². The van der Waals surface area contributed by atoms with Crippen LogP contribution in [0.2, 0.25) is 0 Å². The highest BCUT2D eigenvalue weighted by atomic mass is 16.6. The zero-order chi connectivity index (χ0) is 20.8. The Kier molecular flexibility index (Phi) is 6.80. The molecule has 3 N–H and O–H groups in total. The van der Waals surface area contributed by atoms with E-state index in [1.807, 2.05) is 6.92 Å². The van der Waals surface area contributed by atoms with E-state index >= 15 is 0 Å². The number of nitro groups is 1. The second kappa shape index (κ2) is 9.07. The van der Waals surface area contributed by atoms with Gasteiger partial charge in [-0.2, -0.15) is 0 Å². The molecule has 10 nitrogen and oxygen atoms in total. The van der Waals surface area contributed by atoms with E-state index in [9.17, 15) is 24.8 Å². The summed E-state index contributed by atoms with van der Waals surface area (Å²) in [5.74, 6) is -1.42. The number of nitrogens with one attached hydrogen (secondary N) is 2. The number of amides is 2. The molecule has 10 heteroatoms. The molecule has 0 unspecified atom stereocenters. The largest absolute Gasteiger partial charge is 0.504 e. The van der Waals surface area contributed by atoms with E-state index in [4.69, 9.17) is 9.47 Å². The molecule has 1 aliphatic heterocycles. The maximum Gasteiger partial charge on any atom is 0.338 e. The molecule has 1 aliphatic rings. The SMILES string of the molecule is CCCC1=C(C(=O)OCC)[C@@H](c2ccc(O)c(OCC)c2[N+](=O)[O-])NC(=O)N1. The minimum absolute atomic E-state index is 0.0118. The first-order valence-electron chi connectivity index (χ1n) is 8.96. The number of carbonyl (C=O) groups excluding carboxylic acids is 2. The summed E-state index contributed by atoms with van der Waals surface area (Å²) in [5.41, 5.74) is -0.0842. The van der Waals surface area contributed by atoms with Crippen molar-refractivity contribution in [3.8, 4) is 11.5 Å². The van der Waals surface area contributed by atoms with Crippen LogP contribution in [0.15, 0.2) is 23.4 Å². The van der Waals surface area contributed by atoms with Gasteiger partial charge in [-0.05, 0) is 32.4 Å². The molecule has 0 aliphatic carbocycles. The van der Waals surface area contributed by atoms with Crippen molar-refractivity contribution in [3.63, 3.8) is 0 Å². The number of hydrogen-bond acceptors (Lipinski definition) is 7. The van der Waals surface area contributed by atoms with Crippen LogP contribution >= 0.6 is 0 Å². The highest BCUT2D eigenvalue weighted by Gasteiger charge is 2.39. The third-order valence-corrected chi connectivity index (χ3v) is 4.07. The van der Waals surface area contributed by atoms with Gasteiger partial charge in [0.2, 0.25) is 5.75 Å². The van der Waals surface area contributed by atoms with Crippen LogP contribution < -0.4 is 15.4 Å². The number of benzene rings is 1. The summed E-state index contributed by atoms with van der Waals surface area (Å²) in [6.07, 6.45) is 1.01. The number of phenolic OH excluding ortho intramolecular Hbond substituents is 1. The number of esters is 1. The van der Waals surface area contributed by atoms with E-state index in [2.05, 4.69) is 10.6 Å². The van der Waals surface area contributed by atoms with Gasteiger partial charge in [0.05, 0.1) is 35.3 Å². The number of aromatic hydroxyl groups is 1. The number of allylic oxidation sites excluding steroid dienone is 1. The number of ether oxygens (including phenoxy) is 2. The summed E-state index contributed by atoms with van der Waals surface area (Å²) in [5, 5.41) is 26.9. The first-order valence-corrected chi connectivity index (χ1v) is 8.96. The van der Waals surface area contributed by atoms with Gasteiger partial charge >= 0.3 is 17.7 Å². The van der Waals surface area contributed by atoms with E-state index in [1.165, 1.54) is 12.1 Å². The monoisotopic (exact) mass is 393 g/mol. The van der Waals surface area contributed by atoms with Crippen molar-refractivity contribution in [3.05, 3.63) is 39.1 Å². The zero-order valence-corrected chi connectivity index (χ0v) is 15.9. The van der Waals surface area contributed by atoms with Gasteiger partial charge in [-0.15, -0.1) is 0 Å². The predicted molar refractivity (Wildman–Crippen MR) is 98.9 cm³/mol. The Morgan fingerprint density at radius 1 is 1.29 bits per heavy atom. The standard InChI is InChI=1S/C18H23N3O7/c1-4-7-11-13(17(23)28-6-3)14(20-18(24)19-11)10-8-9-12(22)16(27-5-2)15(10)21(25)26/h8-9,14,22H,4-7H2,1-3H3,(H2,19,20,24)/t14-/m1/s1. The molecule has 0 radical (unpaired) electrons. The molecule has 2 rings (SSSR count). The average molecular weight is 393 g/mol. The lowest BCUT2D eigenvalue weighted by molar-refractivity contribution is -0.386. The van der Waals surface area contributed by atoms with E-state index in [1.54, 1.807) is 13.8 Å². The van der Waals surface area contributed by atoms with Gasteiger partial charge in [0.15, 0.2) is 5.75 Å². The van der Waals surface area contributed by atoms with Gasteiger partial charge in [0.1, 0.15) is 0 Å². The smallest absolute Gasteiger partial charge is 0.338 e. The summed E-state index contributed by atoms with van der Waals surface area (Å²) < 4.78 is 10.4. The van der Waals surface area contributed by atoms with Gasteiger partial charge in [0.25, 0.3) is 0 Å². The van der Waals surface area contributed by atoms with E-state index in [0.29, 0.717) is 18.5 Å². The lowest BCUT2D eigenvalue weighted by Crippen LogP contribution is -2.46. The number of carbonyl (C=O) groups is 2. The number of rotatable bonds is 8. The molecular formula is C18H23N3O7. The number of urea groups is 1. The molecule has 1 aromatic rings. The molecule has 0 spiro atoms. The third-order valence-electron chi connectivity index (χ3n) is 4.07. The fourth-order valence-corrected chi connectivity index (χ4v) is 3.03. The first kappa shape index (κ1) is 21.0. The first-order chi connectivity index (χ1) is 13.3. The fourth-order valence-electron chi connectivity index (χ4n) is 3.03. The summed E-state index contributed by atoms with van der Waals surface area (Å²) in [4.78, 5) is 35.8. The molecule has 28 heavy (non-hydrogen) atoms. The highest BCUT2D eigenvalue weighted by molar-refractivity contribution is 5.95. The molecule has 1 atom stereocenters. The Balaban J connectivity index is 2.73. The van der Waals surface area contributed by atoms with Gasteiger partial charge < -0.3 is 25.2 Å². The quantitative estimate of drug-likeness (QED) is 0.350. The van der Waals surface area contributed by atoms with Crippen molar-refractivity contribution in [1.29, 1.82) is 0 Å². The molecular weight excluding hydrogens is 370 g/mol. The highest BCUT2D eigenvalue weighted by Crippen LogP contribution is 2.44. The van der Waals surface area contributed by atoms with Crippen LogP contribution in [0.25, 0.3) is 0 Å². The topological polar surface area (TPSA) is 140 Å². The lowest BCUT2D eigenvalue weighted by Gasteiger charge is -2.29. The van der Waals surface area contributed by atoms with Crippen molar-refractivity contribution in [2.45, 2.75) is 39.7 Å². The predicted octanol–water partition coefficient (Wildman–Crippen LogP) is 2.67. The van der Waals surface area contributed by atoms with Crippen LogP contribution in [-0.4, -0.2) is 35.2 Å². The maximum atomic E-state index is 12.6. The average Bonchev–Trinajstić information content (AvgIpc) is 2.63. The molecule has 0 fully saturated rings. The van der Waals surface area contributed by atoms with E-state index < -0.39 is 34.4 Å². The minimum Gasteiger partial charge on any atom is -0.504 e. The molecule has 0 bridgehead atoms. The molecule has 0 saturated heterocycles. The van der Waals surface area contributed by atoms with Crippen molar-refractivity contribution in [2.24, 2.45) is 0 Å². The van der Waals surface area contributed by atoms with Gasteiger partial charge in [-0.3, -0.25) is 10.1 Å². The van der Waals surface area contributed by atoms with Crippen molar-refractivity contribution >= 4 is 17.7 Å². The summed E-state index contributed by atoms with van der Waals surface area (Å²) in [6, 6.07) is 0.787. The summed E-state index contributed by atoms with van der Waals surface area (Å²) in [6.45, 7) is 5.31. The number of nitro benzene ring substituents is 1. The Labute approximate surface area is 161 Å². The van der Waals surface area contributed by atoms with Crippen molar-refractivity contribution in [2.75, 3.05) is 13.2 Å². The van der Waals surface area contributed by atoms with Gasteiger partial charge in [0, 0.05) is 5.70 Å². The normalized spacial score (nSPS) is 16.2. The molecule has 152 valence electrons. The molecule has 1 aromatic carbocycles. The van der Waals surface area contributed by atoms with Crippen LogP contribution in [0.4, 0.5) is 10.5 Å². The number of hydrogen-bond donors (Lipinski definition) is 3. The van der Waals surface area contributed by atoms with Crippen molar-refractivity contribution < 1.29 is 29.1 Å². The number of phenols is 1. The Morgan fingerprint density at radius 2 is 2.00 bits per heavy atom. The Morgan fingerprint density at radius 3 is 2.57 bits per heavy atom. The van der Waals surface area contributed by atoms with Gasteiger partial charge in [-0.25, -0.2) is 9.59 Å². The second-order valence-corrected chi connectivity index (χ2v) is 5.94. The second-order valence-electron chi connectivity index (χ2n) is 5.94. The van der Waals surface area contributed by atoms with Crippen LogP contribution in [-0.2, 0) is 9.53 Å². The Bertz CT molecular complexity index is 820. The Hall–Kier alpha value is -3.30. The summed E-state index contributed by atoms with van der Waals surface area (Å²) in [7, 11) is 0. The lowest BCUT2D eigenvalue weighted by atomic mass is 9.92. The summed E-state index contributed by atoms with van der Waals surface area (Å²) >= 11 is 0. The van der Waals surface area contributed by atoms with E-state index in [0.717, 1.165) is 0 Å². The molecule has 2 amide bonds. The maximum absolute atomic E-state index is 12.6. The zero-order valence-electron chi connectivity index (χ0n) is 15.9. The number of nitrogens with zero attached hydrogens (tertiary/aromatic N) is 1. The van der Waals surface area contributed by atoms with Crippen LogP contribution in [0, 0.1) is 10.1 Å². The molecule has 1 heterocycles. The minimum atomic E-state index is -1.13. The van der Waals surface area contributed by atoms with Crippen LogP contribution in [0.1, 0.15) is 45.2 Å². The van der Waals surface area contributed by atoms with Crippen LogP contribution in [0.3, 0.4) is 0 Å². The molecule has 0 aromatic heterocycles. The third kappa shape index (κ3) is 4.16. The van der Waals surface area contributed by atoms with Gasteiger partial charge in [-0.1, -0.05) is 13.3 Å². The molecule has 0 saturated carbocycles. The van der Waals surface area contributed by atoms with E-state index in [-0.39, 0.29) is 30.1 Å².